The van der Waals surface area contributed by atoms with E-state index >= 15 is 0 Å². The Kier molecular flexibility index (Phi) is 4.44. The van der Waals surface area contributed by atoms with Crippen LogP contribution in [0.2, 0.25) is 0 Å². The van der Waals surface area contributed by atoms with Crippen molar-refractivity contribution in [2.45, 2.75) is 6.92 Å². The zero-order chi connectivity index (χ0) is 11.3. The van der Waals surface area contributed by atoms with Crippen molar-refractivity contribution in [1.82, 2.24) is 9.97 Å². The second-order valence-corrected chi connectivity index (χ2v) is 4.63. The summed E-state index contributed by atoms with van der Waals surface area (Å²) in [6.07, 6.45) is 3.34. The van der Waals surface area contributed by atoms with Gasteiger partial charge in [-0.25, -0.2) is 10.8 Å². The molecule has 0 bridgehead atoms. The lowest BCUT2D eigenvalue weighted by Crippen LogP contribution is -2.15. The maximum absolute atomic E-state index is 10.8. The van der Waals surface area contributed by atoms with Crippen molar-refractivity contribution in [2.75, 3.05) is 29.3 Å². The van der Waals surface area contributed by atoms with Crippen LogP contribution >= 0.6 is 0 Å². The molecule has 0 aliphatic heterocycles. The first-order valence-corrected chi connectivity index (χ1v) is 6.20. The molecule has 0 aliphatic carbocycles. The van der Waals surface area contributed by atoms with Crippen LogP contribution in [0.15, 0.2) is 6.20 Å². The van der Waals surface area contributed by atoms with Gasteiger partial charge in [0.05, 0.1) is 0 Å². The second kappa shape index (κ2) is 5.62. The summed E-state index contributed by atoms with van der Waals surface area (Å²) in [5.41, 5.74) is 3.30. The molecule has 6 nitrogen and oxygen atoms in total. The van der Waals surface area contributed by atoms with Crippen molar-refractivity contribution < 1.29 is 4.21 Å². The fourth-order valence-corrected chi connectivity index (χ4v) is 1.39. The number of nitrogens with one attached hydrogen (secondary N) is 2. The van der Waals surface area contributed by atoms with E-state index in [1.54, 1.807) is 12.5 Å². The van der Waals surface area contributed by atoms with Crippen molar-refractivity contribution in [3.63, 3.8) is 0 Å². The van der Waals surface area contributed by atoms with Crippen LogP contribution < -0.4 is 16.6 Å². The van der Waals surface area contributed by atoms with Crippen LogP contribution in [0.5, 0.6) is 0 Å². The number of nitrogens with zero attached hydrogens (tertiary/aromatic N) is 2. The lowest BCUT2D eigenvalue weighted by atomic mass is 10.3. The number of hydrogen-bond donors (Lipinski definition) is 3. The molecule has 0 amide bonds. The minimum Gasteiger partial charge on any atom is -0.369 e. The van der Waals surface area contributed by atoms with Crippen LogP contribution in [0.3, 0.4) is 0 Å². The molecule has 0 spiro atoms. The first-order valence-electron chi connectivity index (χ1n) is 4.47. The largest absolute Gasteiger partial charge is 0.369 e. The van der Waals surface area contributed by atoms with Gasteiger partial charge >= 0.3 is 0 Å². The van der Waals surface area contributed by atoms with Crippen LogP contribution in [0.4, 0.5) is 11.8 Å². The van der Waals surface area contributed by atoms with E-state index in [0.717, 1.165) is 5.56 Å². The number of aromatic nitrogens is 2. The standard InChI is InChI=1S/C8H15N5OS/c1-6-5-11-8(13-9)12-7(6)10-3-4-15(2)14/h5H,3-4,9H2,1-2H3,(H2,10,11,12,13). The number of rotatable bonds is 5. The molecule has 1 atom stereocenters. The molecular formula is C8H15N5OS. The van der Waals surface area contributed by atoms with E-state index in [9.17, 15) is 4.21 Å². The maximum Gasteiger partial charge on any atom is 0.239 e. The molecular weight excluding hydrogens is 214 g/mol. The zero-order valence-electron chi connectivity index (χ0n) is 8.78. The molecule has 0 radical (unpaired) electrons. The highest BCUT2D eigenvalue weighted by molar-refractivity contribution is 7.84. The van der Waals surface area contributed by atoms with Crippen molar-refractivity contribution in [1.29, 1.82) is 0 Å². The molecule has 1 heterocycles. The molecule has 0 saturated heterocycles. The summed E-state index contributed by atoms with van der Waals surface area (Å²) in [4.78, 5) is 8.08. The minimum atomic E-state index is -0.799. The van der Waals surface area contributed by atoms with E-state index in [1.165, 1.54) is 0 Å². The van der Waals surface area contributed by atoms with Gasteiger partial charge in [0.2, 0.25) is 5.95 Å². The van der Waals surface area contributed by atoms with Gasteiger partial charge in [-0.3, -0.25) is 9.63 Å². The smallest absolute Gasteiger partial charge is 0.239 e. The Hall–Kier alpha value is -1.21. The van der Waals surface area contributed by atoms with Gasteiger partial charge in [0.15, 0.2) is 0 Å². The molecule has 0 aliphatic rings. The number of aryl methyl sites for hydroxylation is 1. The van der Waals surface area contributed by atoms with Crippen LogP contribution in [-0.4, -0.2) is 32.7 Å². The summed E-state index contributed by atoms with van der Waals surface area (Å²) in [5.74, 6) is 6.86. The van der Waals surface area contributed by atoms with Gasteiger partial charge in [-0.2, -0.15) is 4.98 Å². The third kappa shape index (κ3) is 3.80. The van der Waals surface area contributed by atoms with Crippen molar-refractivity contribution in [3.05, 3.63) is 11.8 Å². The number of hydrazine groups is 1. The predicted octanol–water partition coefficient (Wildman–Crippen LogP) is -0.139. The van der Waals surface area contributed by atoms with Crippen molar-refractivity contribution in [3.8, 4) is 0 Å². The van der Waals surface area contributed by atoms with Crippen LogP contribution in [0, 0.1) is 6.92 Å². The molecule has 0 aromatic carbocycles. The number of hydrogen-bond acceptors (Lipinski definition) is 6. The average Bonchev–Trinajstić information content (AvgIpc) is 2.20. The fraction of sp³-hybridized carbons (Fsp3) is 0.500. The molecule has 0 fully saturated rings. The maximum atomic E-state index is 10.8. The molecule has 84 valence electrons. The highest BCUT2D eigenvalue weighted by atomic mass is 32.2. The topological polar surface area (TPSA) is 92.9 Å². The second-order valence-electron chi connectivity index (χ2n) is 3.07. The Bertz CT molecular complexity index is 357. The minimum absolute atomic E-state index is 0.362. The summed E-state index contributed by atoms with van der Waals surface area (Å²) < 4.78 is 10.8. The van der Waals surface area contributed by atoms with E-state index < -0.39 is 10.8 Å². The highest BCUT2D eigenvalue weighted by Crippen LogP contribution is 2.11. The van der Waals surface area contributed by atoms with E-state index in [1.807, 2.05) is 6.92 Å². The summed E-state index contributed by atoms with van der Waals surface area (Å²) in [5, 5.41) is 3.08. The quantitative estimate of drug-likeness (QED) is 0.481. The SMILES string of the molecule is Cc1cnc(NN)nc1NCCS(C)=O. The normalized spacial score (nSPS) is 12.2. The number of anilines is 2. The first kappa shape index (κ1) is 11.9. The lowest BCUT2D eigenvalue weighted by molar-refractivity contribution is 0.687. The monoisotopic (exact) mass is 229 g/mol. The molecule has 15 heavy (non-hydrogen) atoms. The van der Waals surface area contributed by atoms with E-state index in [0.29, 0.717) is 24.1 Å². The van der Waals surface area contributed by atoms with Gasteiger partial charge < -0.3 is 5.32 Å². The van der Waals surface area contributed by atoms with Gasteiger partial charge in [0, 0.05) is 41.1 Å². The van der Waals surface area contributed by atoms with E-state index in [4.69, 9.17) is 5.84 Å². The fourth-order valence-electron chi connectivity index (χ4n) is 1.00. The molecule has 0 saturated carbocycles. The Morgan fingerprint density at radius 1 is 1.60 bits per heavy atom. The molecule has 1 unspecified atom stereocenters. The summed E-state index contributed by atoms with van der Waals surface area (Å²) >= 11 is 0. The van der Waals surface area contributed by atoms with Gasteiger partial charge in [0.1, 0.15) is 5.82 Å². The van der Waals surface area contributed by atoms with Gasteiger partial charge in [-0.05, 0) is 6.92 Å². The Balaban J connectivity index is 2.62. The van der Waals surface area contributed by atoms with E-state index in [2.05, 4.69) is 20.7 Å². The highest BCUT2D eigenvalue weighted by Gasteiger charge is 2.02. The Morgan fingerprint density at radius 2 is 2.33 bits per heavy atom. The third-order valence-electron chi connectivity index (χ3n) is 1.78. The number of nitrogens with two attached hydrogens (primary N) is 1. The molecule has 4 N–H and O–H groups in total. The molecule has 1 rings (SSSR count). The van der Waals surface area contributed by atoms with Crippen molar-refractivity contribution in [2.24, 2.45) is 5.84 Å². The molecule has 7 heteroatoms. The predicted molar refractivity (Wildman–Crippen MR) is 62.0 cm³/mol. The summed E-state index contributed by atoms with van der Waals surface area (Å²) in [6.45, 7) is 2.51. The average molecular weight is 229 g/mol. The van der Waals surface area contributed by atoms with Crippen LogP contribution in [-0.2, 0) is 10.8 Å². The van der Waals surface area contributed by atoms with Crippen LogP contribution in [0.1, 0.15) is 5.56 Å². The van der Waals surface area contributed by atoms with Gasteiger partial charge in [0.25, 0.3) is 0 Å². The lowest BCUT2D eigenvalue weighted by Gasteiger charge is -2.08. The summed E-state index contributed by atoms with van der Waals surface area (Å²) in [7, 11) is -0.799. The molecule has 1 aromatic rings. The van der Waals surface area contributed by atoms with Gasteiger partial charge in [-0.1, -0.05) is 0 Å². The van der Waals surface area contributed by atoms with Gasteiger partial charge in [-0.15, -0.1) is 0 Å². The third-order valence-corrected chi connectivity index (χ3v) is 2.56. The number of nitrogen functional groups attached to an aromatic ring is 1. The zero-order valence-corrected chi connectivity index (χ0v) is 9.60. The van der Waals surface area contributed by atoms with Crippen LogP contribution in [0.25, 0.3) is 0 Å². The Morgan fingerprint density at radius 3 is 2.93 bits per heavy atom. The van der Waals surface area contributed by atoms with Crippen molar-refractivity contribution >= 4 is 22.6 Å². The molecule has 1 aromatic heterocycles. The summed E-state index contributed by atoms with van der Waals surface area (Å²) in [6, 6.07) is 0. The van der Waals surface area contributed by atoms with E-state index in [-0.39, 0.29) is 0 Å². The Labute approximate surface area is 91.1 Å². The first-order chi connectivity index (χ1) is 7.13.